The quantitative estimate of drug-likeness (QED) is 0.686. The van der Waals surface area contributed by atoms with Crippen LogP contribution in [-0.4, -0.2) is 39.8 Å². The standard InChI is InChI=1S/C18H17ClF3N5.ClH/c19-10-1-2-11(24-7-10)8-27-17-6-14(22)13(21)5-16(17)25-18(27)26-4-3-12(20)15(23)9-26;/h1-2,5-7,12,15H,3-4,8-9,23H2;1H/t12-,15-;/m1./s1. The van der Waals surface area contributed by atoms with Crippen LogP contribution >= 0.6 is 24.0 Å². The second-order valence-electron chi connectivity index (χ2n) is 6.64. The highest BCUT2D eigenvalue weighted by molar-refractivity contribution is 6.30. The molecule has 1 aromatic carbocycles. The Morgan fingerprint density at radius 3 is 2.64 bits per heavy atom. The van der Waals surface area contributed by atoms with Crippen LogP contribution in [0.4, 0.5) is 19.1 Å². The van der Waals surface area contributed by atoms with E-state index in [-0.39, 0.29) is 31.9 Å². The van der Waals surface area contributed by atoms with Gasteiger partial charge in [0.2, 0.25) is 5.95 Å². The highest BCUT2D eigenvalue weighted by atomic mass is 35.5. The summed E-state index contributed by atoms with van der Waals surface area (Å²) in [6.45, 7) is 0.958. The Labute approximate surface area is 170 Å². The van der Waals surface area contributed by atoms with Crippen molar-refractivity contribution in [3.63, 3.8) is 0 Å². The maximum Gasteiger partial charge on any atom is 0.206 e. The number of pyridine rings is 1. The van der Waals surface area contributed by atoms with Gasteiger partial charge in [-0.15, -0.1) is 12.4 Å². The lowest BCUT2D eigenvalue weighted by molar-refractivity contribution is 0.243. The first kappa shape index (κ1) is 20.7. The van der Waals surface area contributed by atoms with Crippen molar-refractivity contribution in [3.8, 4) is 0 Å². The molecule has 0 amide bonds. The predicted molar refractivity (Wildman–Crippen MR) is 105 cm³/mol. The molecule has 0 bridgehead atoms. The van der Waals surface area contributed by atoms with Crippen molar-refractivity contribution >= 4 is 41.0 Å². The minimum atomic E-state index is -1.08. The van der Waals surface area contributed by atoms with Gasteiger partial charge in [0.25, 0.3) is 0 Å². The van der Waals surface area contributed by atoms with Crippen molar-refractivity contribution in [3.05, 3.63) is 52.8 Å². The number of imidazole rings is 1. The Morgan fingerprint density at radius 1 is 1.21 bits per heavy atom. The molecule has 5 nitrogen and oxygen atoms in total. The van der Waals surface area contributed by atoms with Gasteiger partial charge in [-0.05, 0) is 18.6 Å². The minimum absolute atomic E-state index is 0. The van der Waals surface area contributed by atoms with Crippen LogP contribution in [0.3, 0.4) is 0 Å². The molecule has 150 valence electrons. The molecule has 2 aromatic heterocycles. The van der Waals surface area contributed by atoms with E-state index in [1.807, 2.05) is 4.90 Å². The lowest BCUT2D eigenvalue weighted by atomic mass is 10.1. The Balaban J connectivity index is 0.00000225. The van der Waals surface area contributed by atoms with Crippen molar-refractivity contribution in [1.29, 1.82) is 0 Å². The number of aromatic nitrogens is 3. The Kier molecular flexibility index (Phi) is 6.02. The number of anilines is 1. The third-order valence-electron chi connectivity index (χ3n) is 4.73. The Hall–Kier alpha value is -2.03. The molecule has 0 unspecified atom stereocenters. The van der Waals surface area contributed by atoms with Gasteiger partial charge in [0.05, 0.1) is 34.3 Å². The number of benzene rings is 1. The van der Waals surface area contributed by atoms with Crippen molar-refractivity contribution in [2.75, 3.05) is 18.0 Å². The predicted octanol–water partition coefficient (Wildman–Crippen LogP) is 3.71. The van der Waals surface area contributed by atoms with Crippen LogP contribution in [0.25, 0.3) is 11.0 Å². The average Bonchev–Trinajstić information content (AvgIpc) is 2.97. The van der Waals surface area contributed by atoms with E-state index in [1.165, 1.54) is 6.20 Å². The first-order valence-corrected chi connectivity index (χ1v) is 8.90. The third kappa shape index (κ3) is 3.90. The van der Waals surface area contributed by atoms with E-state index in [4.69, 9.17) is 17.3 Å². The number of hydrogen-bond acceptors (Lipinski definition) is 4. The molecule has 28 heavy (non-hydrogen) atoms. The molecule has 1 aliphatic heterocycles. The SMILES string of the molecule is Cl.N[C@@H]1CN(c2nc3cc(F)c(F)cc3n2Cc2ccc(Cl)cn2)CC[C@H]1F. The topological polar surface area (TPSA) is 60.0 Å². The van der Waals surface area contributed by atoms with Crippen molar-refractivity contribution in [2.24, 2.45) is 5.73 Å². The largest absolute Gasteiger partial charge is 0.340 e. The molecule has 3 aromatic rings. The smallest absolute Gasteiger partial charge is 0.206 e. The molecule has 3 heterocycles. The van der Waals surface area contributed by atoms with E-state index in [1.54, 1.807) is 16.7 Å². The molecule has 10 heteroatoms. The fourth-order valence-corrected chi connectivity index (χ4v) is 3.41. The van der Waals surface area contributed by atoms with Crippen LogP contribution in [0.1, 0.15) is 12.1 Å². The highest BCUT2D eigenvalue weighted by Gasteiger charge is 2.29. The van der Waals surface area contributed by atoms with Gasteiger partial charge in [-0.25, -0.2) is 18.2 Å². The number of halogens is 5. The first-order chi connectivity index (χ1) is 12.9. The van der Waals surface area contributed by atoms with Crippen molar-refractivity contribution < 1.29 is 13.2 Å². The monoisotopic (exact) mass is 431 g/mol. The summed E-state index contributed by atoms with van der Waals surface area (Å²) in [7, 11) is 0. The molecule has 0 spiro atoms. The molecule has 2 atom stereocenters. The van der Waals surface area contributed by atoms with Crippen LogP contribution in [-0.2, 0) is 6.54 Å². The number of alkyl halides is 1. The number of piperidine rings is 1. The normalized spacial score (nSPS) is 19.7. The number of hydrogen-bond donors (Lipinski definition) is 1. The Morgan fingerprint density at radius 2 is 1.96 bits per heavy atom. The zero-order valence-corrected chi connectivity index (χ0v) is 16.2. The minimum Gasteiger partial charge on any atom is -0.340 e. The van der Waals surface area contributed by atoms with Crippen LogP contribution in [0, 0.1) is 11.6 Å². The maximum absolute atomic E-state index is 13.9. The van der Waals surface area contributed by atoms with E-state index in [0.29, 0.717) is 34.2 Å². The molecule has 2 N–H and O–H groups in total. The summed E-state index contributed by atoms with van der Waals surface area (Å²) in [4.78, 5) is 10.6. The summed E-state index contributed by atoms with van der Waals surface area (Å²) in [5.74, 6) is -1.45. The van der Waals surface area contributed by atoms with E-state index >= 15 is 0 Å². The number of fused-ring (bicyclic) bond motifs is 1. The summed E-state index contributed by atoms with van der Waals surface area (Å²) in [5.41, 5.74) is 7.28. The van der Waals surface area contributed by atoms with E-state index in [2.05, 4.69) is 9.97 Å². The zero-order chi connectivity index (χ0) is 19.1. The van der Waals surface area contributed by atoms with E-state index in [9.17, 15) is 13.2 Å². The molecule has 0 saturated carbocycles. The summed E-state index contributed by atoms with van der Waals surface area (Å²) in [5, 5.41) is 0.499. The van der Waals surface area contributed by atoms with Gasteiger partial charge in [-0.1, -0.05) is 11.6 Å². The summed E-state index contributed by atoms with van der Waals surface area (Å²) in [6.07, 6.45) is 0.708. The molecule has 0 aliphatic carbocycles. The fraction of sp³-hybridized carbons (Fsp3) is 0.333. The summed E-state index contributed by atoms with van der Waals surface area (Å²) >= 11 is 5.88. The lowest BCUT2D eigenvalue weighted by Crippen LogP contribution is -2.50. The van der Waals surface area contributed by atoms with Gasteiger partial charge < -0.3 is 15.2 Å². The molecule has 1 aliphatic rings. The van der Waals surface area contributed by atoms with Crippen molar-refractivity contribution in [2.45, 2.75) is 25.2 Å². The zero-order valence-electron chi connectivity index (χ0n) is 14.7. The first-order valence-electron chi connectivity index (χ1n) is 8.52. The molecular weight excluding hydrogens is 414 g/mol. The molecule has 1 fully saturated rings. The second-order valence-corrected chi connectivity index (χ2v) is 7.07. The molecular formula is C18H18Cl2F3N5. The fourth-order valence-electron chi connectivity index (χ4n) is 3.30. The molecule has 4 rings (SSSR count). The highest BCUT2D eigenvalue weighted by Crippen LogP contribution is 2.28. The second kappa shape index (κ2) is 8.14. The van der Waals surface area contributed by atoms with Crippen LogP contribution < -0.4 is 10.6 Å². The number of rotatable bonds is 3. The summed E-state index contributed by atoms with van der Waals surface area (Å²) in [6, 6.07) is 4.97. The van der Waals surface area contributed by atoms with Gasteiger partial charge in [0, 0.05) is 31.4 Å². The van der Waals surface area contributed by atoms with Crippen LogP contribution in [0.15, 0.2) is 30.5 Å². The average molecular weight is 432 g/mol. The van der Waals surface area contributed by atoms with Gasteiger partial charge in [-0.3, -0.25) is 4.98 Å². The van der Waals surface area contributed by atoms with Crippen LogP contribution in [0.2, 0.25) is 5.02 Å². The molecule has 0 radical (unpaired) electrons. The van der Waals surface area contributed by atoms with Gasteiger partial charge >= 0.3 is 0 Å². The van der Waals surface area contributed by atoms with Crippen molar-refractivity contribution in [1.82, 2.24) is 14.5 Å². The third-order valence-corrected chi connectivity index (χ3v) is 4.96. The van der Waals surface area contributed by atoms with Gasteiger partial charge in [0.15, 0.2) is 11.6 Å². The summed E-state index contributed by atoms with van der Waals surface area (Å²) < 4.78 is 43.0. The number of nitrogens with zero attached hydrogens (tertiary/aromatic N) is 4. The molecule has 1 saturated heterocycles. The number of nitrogens with two attached hydrogens (primary N) is 1. The van der Waals surface area contributed by atoms with Gasteiger partial charge in [-0.2, -0.15) is 0 Å². The van der Waals surface area contributed by atoms with Gasteiger partial charge in [0.1, 0.15) is 6.17 Å². The van der Waals surface area contributed by atoms with E-state index < -0.39 is 23.8 Å². The lowest BCUT2D eigenvalue weighted by Gasteiger charge is -2.34. The Bertz CT molecular complexity index is 980. The van der Waals surface area contributed by atoms with Crippen LogP contribution in [0.5, 0.6) is 0 Å². The van der Waals surface area contributed by atoms with E-state index in [0.717, 1.165) is 12.1 Å². The maximum atomic E-state index is 13.9.